The number of H-pyrrole nitrogens is 1. The lowest BCUT2D eigenvalue weighted by Crippen LogP contribution is -2.49. The molecule has 0 bridgehead atoms. The van der Waals surface area contributed by atoms with Crippen LogP contribution in [0.5, 0.6) is 0 Å². The van der Waals surface area contributed by atoms with Gasteiger partial charge in [0, 0.05) is 54.6 Å². The number of carbonyl (C=O) groups is 3. The van der Waals surface area contributed by atoms with Gasteiger partial charge in [0.05, 0.1) is 22.8 Å². The van der Waals surface area contributed by atoms with E-state index in [1.807, 2.05) is 53.4 Å². The molecular weight excluding hydrogens is 532 g/mol. The molecule has 10 nitrogen and oxygen atoms in total. The van der Waals surface area contributed by atoms with E-state index < -0.39 is 12.0 Å². The Labute approximate surface area is 244 Å². The van der Waals surface area contributed by atoms with Gasteiger partial charge in [0.1, 0.15) is 6.61 Å². The third kappa shape index (κ3) is 5.43. The van der Waals surface area contributed by atoms with Crippen LogP contribution >= 0.6 is 0 Å². The fraction of sp³-hybridized carbons (Fsp3) is 0.344. The number of aromatic amines is 1. The normalized spacial score (nSPS) is 17.8. The number of rotatable bonds is 6. The van der Waals surface area contributed by atoms with Crippen molar-refractivity contribution in [3.63, 3.8) is 0 Å². The SMILES string of the molecule is CN1CCN(C(=O)c2ccc3c(c2)[nH]c2c(C(N)=O)ccc(N(C(=O)OCc4ccccc4)[C@@H]4CCCNC4)c23)CC1. The van der Waals surface area contributed by atoms with Gasteiger partial charge >= 0.3 is 6.09 Å². The van der Waals surface area contributed by atoms with E-state index in [2.05, 4.69) is 22.2 Å². The van der Waals surface area contributed by atoms with Gasteiger partial charge in [-0.25, -0.2) is 4.79 Å². The highest BCUT2D eigenvalue weighted by Gasteiger charge is 2.31. The molecule has 0 unspecified atom stereocenters. The molecule has 218 valence electrons. The zero-order chi connectivity index (χ0) is 29.2. The number of hydrogen-bond donors (Lipinski definition) is 3. The maximum Gasteiger partial charge on any atom is 0.414 e. The Bertz CT molecular complexity index is 1620. The van der Waals surface area contributed by atoms with E-state index in [4.69, 9.17) is 10.5 Å². The Balaban J connectivity index is 1.43. The van der Waals surface area contributed by atoms with E-state index in [0.29, 0.717) is 52.9 Å². The lowest BCUT2D eigenvalue weighted by molar-refractivity contribution is 0.0664. The van der Waals surface area contributed by atoms with E-state index in [9.17, 15) is 14.4 Å². The number of nitrogens with two attached hydrogens (primary N) is 1. The van der Waals surface area contributed by atoms with Crippen LogP contribution in [0.2, 0.25) is 0 Å². The summed E-state index contributed by atoms with van der Waals surface area (Å²) >= 11 is 0. The molecule has 2 aliphatic rings. The molecular formula is C32H36N6O4. The first kappa shape index (κ1) is 27.7. The molecule has 0 aliphatic carbocycles. The first-order chi connectivity index (χ1) is 20.4. The van der Waals surface area contributed by atoms with Crippen molar-refractivity contribution < 1.29 is 19.1 Å². The summed E-state index contributed by atoms with van der Waals surface area (Å²) in [5, 5.41) is 4.89. The highest BCUT2D eigenvalue weighted by molar-refractivity contribution is 6.21. The fourth-order valence-electron chi connectivity index (χ4n) is 6.01. The molecule has 1 atom stereocenters. The van der Waals surface area contributed by atoms with Gasteiger partial charge in [-0.1, -0.05) is 36.4 Å². The van der Waals surface area contributed by atoms with Crippen molar-refractivity contribution in [2.24, 2.45) is 5.73 Å². The molecule has 1 aromatic heterocycles. The van der Waals surface area contributed by atoms with Crippen LogP contribution in [0.3, 0.4) is 0 Å². The van der Waals surface area contributed by atoms with Crippen LogP contribution in [0.25, 0.3) is 21.8 Å². The van der Waals surface area contributed by atoms with Gasteiger partial charge in [-0.15, -0.1) is 0 Å². The second-order valence-corrected chi connectivity index (χ2v) is 11.1. The number of piperazine rings is 1. The molecule has 3 heterocycles. The smallest absolute Gasteiger partial charge is 0.414 e. The molecule has 0 spiro atoms. The monoisotopic (exact) mass is 568 g/mol. The largest absolute Gasteiger partial charge is 0.444 e. The van der Waals surface area contributed by atoms with E-state index in [1.165, 1.54) is 0 Å². The summed E-state index contributed by atoms with van der Waals surface area (Å²) in [6.07, 6.45) is 1.26. The second-order valence-electron chi connectivity index (χ2n) is 11.1. The number of benzene rings is 3. The highest BCUT2D eigenvalue weighted by atomic mass is 16.6. The number of carbonyl (C=O) groups excluding carboxylic acids is 3. The number of likely N-dealkylation sites (N-methyl/N-ethyl adjacent to an activating group) is 1. The Hall–Kier alpha value is -4.41. The molecule has 0 radical (unpaired) electrons. The average molecular weight is 569 g/mol. The van der Waals surface area contributed by atoms with Crippen LogP contribution in [0.4, 0.5) is 10.5 Å². The number of fused-ring (bicyclic) bond motifs is 3. The van der Waals surface area contributed by atoms with E-state index in [1.54, 1.807) is 17.0 Å². The van der Waals surface area contributed by atoms with Gasteiger partial charge in [-0.05, 0) is 56.3 Å². The summed E-state index contributed by atoms with van der Waals surface area (Å²) in [7, 11) is 2.05. The number of ether oxygens (including phenoxy) is 1. The van der Waals surface area contributed by atoms with Crippen LogP contribution in [-0.2, 0) is 11.3 Å². The van der Waals surface area contributed by atoms with Crippen LogP contribution in [0, 0.1) is 0 Å². The number of nitrogens with one attached hydrogen (secondary N) is 2. The Morgan fingerprint density at radius 2 is 1.81 bits per heavy atom. The molecule has 3 aromatic carbocycles. The maximum absolute atomic E-state index is 13.8. The predicted octanol–water partition coefficient (Wildman–Crippen LogP) is 3.70. The summed E-state index contributed by atoms with van der Waals surface area (Å²) in [4.78, 5) is 48.8. The number of primary amides is 1. The Kier molecular flexibility index (Phi) is 7.82. The number of anilines is 1. The maximum atomic E-state index is 13.8. The summed E-state index contributed by atoms with van der Waals surface area (Å²) < 4.78 is 5.84. The molecule has 2 fully saturated rings. The Morgan fingerprint density at radius 1 is 1.02 bits per heavy atom. The van der Waals surface area contributed by atoms with Crippen molar-refractivity contribution in [1.82, 2.24) is 20.1 Å². The summed E-state index contributed by atoms with van der Waals surface area (Å²) in [5.74, 6) is -0.609. The van der Waals surface area contributed by atoms with Gasteiger partial charge in [-0.2, -0.15) is 0 Å². The van der Waals surface area contributed by atoms with Gasteiger partial charge < -0.3 is 30.6 Å². The quantitative estimate of drug-likeness (QED) is 0.326. The third-order valence-electron chi connectivity index (χ3n) is 8.33. The number of hydrogen-bond acceptors (Lipinski definition) is 6. The minimum absolute atomic E-state index is 0.0293. The zero-order valence-corrected chi connectivity index (χ0v) is 23.8. The lowest BCUT2D eigenvalue weighted by Gasteiger charge is -2.34. The molecule has 6 rings (SSSR count). The van der Waals surface area contributed by atoms with E-state index in [0.717, 1.165) is 43.4 Å². The number of nitrogens with zero attached hydrogens (tertiary/aromatic N) is 3. The molecule has 3 amide bonds. The van der Waals surface area contributed by atoms with Crippen molar-refractivity contribution in [3.8, 4) is 0 Å². The van der Waals surface area contributed by atoms with Crippen molar-refractivity contribution in [2.75, 3.05) is 51.2 Å². The summed E-state index contributed by atoms with van der Waals surface area (Å²) in [5.41, 5.74) is 9.42. The topological polar surface area (TPSA) is 124 Å². The van der Waals surface area contributed by atoms with Crippen LogP contribution in [0.1, 0.15) is 39.1 Å². The molecule has 10 heteroatoms. The lowest BCUT2D eigenvalue weighted by atomic mass is 10.0. The van der Waals surface area contributed by atoms with Gasteiger partial charge in [0.25, 0.3) is 11.8 Å². The summed E-state index contributed by atoms with van der Waals surface area (Å²) in [6.45, 7) is 4.65. The van der Waals surface area contributed by atoms with Crippen molar-refractivity contribution in [1.29, 1.82) is 0 Å². The predicted molar refractivity (Wildman–Crippen MR) is 163 cm³/mol. The molecule has 2 saturated heterocycles. The van der Waals surface area contributed by atoms with Crippen molar-refractivity contribution in [2.45, 2.75) is 25.5 Å². The molecule has 4 N–H and O–H groups in total. The third-order valence-corrected chi connectivity index (χ3v) is 8.33. The average Bonchev–Trinajstić information content (AvgIpc) is 3.40. The Morgan fingerprint density at radius 3 is 2.52 bits per heavy atom. The fourth-order valence-corrected chi connectivity index (χ4v) is 6.01. The first-order valence-corrected chi connectivity index (χ1v) is 14.5. The minimum atomic E-state index is -0.579. The molecule has 42 heavy (non-hydrogen) atoms. The number of aromatic nitrogens is 1. The summed E-state index contributed by atoms with van der Waals surface area (Å²) in [6, 6.07) is 18.4. The zero-order valence-electron chi connectivity index (χ0n) is 23.8. The van der Waals surface area contributed by atoms with Gasteiger partial charge in [0.15, 0.2) is 0 Å². The number of piperidine rings is 1. The van der Waals surface area contributed by atoms with Crippen LogP contribution < -0.4 is 16.0 Å². The standard InChI is InChI=1S/C32H36N6O4/c1-36-14-16-37(17-15-36)31(40)22-9-10-24-26(18-22)35-29-25(30(33)39)11-12-27(28(24)29)38(23-8-5-13-34-19-23)32(41)42-20-21-6-3-2-4-7-21/h2-4,6-7,9-12,18,23,34-35H,5,8,13-17,19-20H2,1H3,(H2,33,39)/t23-/m1/s1. The van der Waals surface area contributed by atoms with Crippen LogP contribution in [0.15, 0.2) is 60.7 Å². The molecule has 0 saturated carbocycles. The van der Waals surface area contributed by atoms with Crippen LogP contribution in [-0.4, -0.2) is 85.0 Å². The molecule has 2 aliphatic heterocycles. The second kappa shape index (κ2) is 11.8. The van der Waals surface area contributed by atoms with Gasteiger partial charge in [-0.3, -0.25) is 14.5 Å². The van der Waals surface area contributed by atoms with Crippen molar-refractivity contribution in [3.05, 3.63) is 77.4 Å². The minimum Gasteiger partial charge on any atom is -0.444 e. The number of amides is 3. The van der Waals surface area contributed by atoms with Crippen molar-refractivity contribution >= 4 is 45.4 Å². The molecule has 4 aromatic rings. The highest BCUT2D eigenvalue weighted by Crippen LogP contribution is 2.38. The van der Waals surface area contributed by atoms with E-state index in [-0.39, 0.29) is 18.6 Å². The van der Waals surface area contributed by atoms with Gasteiger partial charge in [0.2, 0.25) is 0 Å². The first-order valence-electron chi connectivity index (χ1n) is 14.5. The van der Waals surface area contributed by atoms with E-state index >= 15 is 0 Å².